The van der Waals surface area contributed by atoms with Crippen LogP contribution >= 0.6 is 0 Å². The zero-order chi connectivity index (χ0) is 29.1. The van der Waals surface area contributed by atoms with E-state index in [4.69, 9.17) is 9.84 Å². The molecule has 0 saturated heterocycles. The monoisotopic (exact) mass is 565 g/mol. The lowest BCUT2D eigenvalue weighted by Gasteiger charge is -2.33. The Bertz CT molecular complexity index is 1600. The first-order valence-corrected chi connectivity index (χ1v) is 13.6. The highest BCUT2D eigenvalue weighted by Crippen LogP contribution is 2.46. The number of carbonyl (C=O) groups excluding carboxylic acids is 1. The van der Waals surface area contributed by atoms with Crippen LogP contribution in [0.1, 0.15) is 75.0 Å². The fourth-order valence-electron chi connectivity index (χ4n) is 5.39. The second kappa shape index (κ2) is 10.0. The smallest absolute Gasteiger partial charge is 0.434 e. The molecular formula is C29H30F3N7O2. The number of alkyl halides is 3. The molecule has 1 fully saturated rings. The van der Waals surface area contributed by atoms with E-state index in [0.717, 1.165) is 35.9 Å². The summed E-state index contributed by atoms with van der Waals surface area (Å²) in [6.07, 6.45) is 0.407. The van der Waals surface area contributed by atoms with Crippen molar-refractivity contribution in [3.63, 3.8) is 0 Å². The lowest BCUT2D eigenvalue weighted by atomic mass is 10.0. The number of amides is 1. The minimum absolute atomic E-state index is 0.0376. The summed E-state index contributed by atoms with van der Waals surface area (Å²) < 4.78 is 49.0. The molecule has 0 N–H and O–H groups in total. The minimum atomic E-state index is -4.53. The molecule has 4 aromatic rings. The van der Waals surface area contributed by atoms with Crippen molar-refractivity contribution in [2.24, 2.45) is 0 Å². The van der Waals surface area contributed by atoms with Gasteiger partial charge in [-0.2, -0.15) is 18.3 Å². The number of aromatic nitrogens is 6. The number of hydrogen-bond donors (Lipinski definition) is 0. The number of benzene rings is 1. The molecule has 0 bridgehead atoms. The molecule has 2 aliphatic rings. The van der Waals surface area contributed by atoms with E-state index in [1.807, 2.05) is 43.7 Å². The number of aryl methyl sites for hydroxylation is 1. The van der Waals surface area contributed by atoms with E-state index in [-0.39, 0.29) is 23.8 Å². The van der Waals surface area contributed by atoms with Crippen LogP contribution < -0.4 is 9.64 Å². The molecule has 4 heterocycles. The number of nitrogens with zero attached hydrogens (tertiary/aromatic N) is 7. The van der Waals surface area contributed by atoms with Crippen LogP contribution in [0, 0.1) is 0 Å². The summed E-state index contributed by atoms with van der Waals surface area (Å²) in [6, 6.07) is 8.48. The molecule has 3 aromatic heterocycles. The molecule has 0 radical (unpaired) electrons. The summed E-state index contributed by atoms with van der Waals surface area (Å²) in [6.45, 7) is 6.00. The van der Waals surface area contributed by atoms with E-state index in [0.29, 0.717) is 41.8 Å². The molecule has 1 saturated carbocycles. The molecule has 1 aliphatic heterocycles. The molecule has 1 atom stereocenters. The maximum absolute atomic E-state index is 13.4. The highest BCUT2D eigenvalue weighted by atomic mass is 19.4. The number of anilines is 1. The predicted octanol–water partition coefficient (Wildman–Crippen LogP) is 6.19. The Balaban J connectivity index is 1.33. The van der Waals surface area contributed by atoms with Crippen molar-refractivity contribution in [1.82, 2.24) is 29.3 Å². The van der Waals surface area contributed by atoms with Crippen molar-refractivity contribution in [3.8, 4) is 28.5 Å². The molecular weight excluding hydrogens is 535 g/mol. The van der Waals surface area contributed by atoms with Crippen LogP contribution in [0.4, 0.5) is 19.0 Å². The van der Waals surface area contributed by atoms with Crippen LogP contribution in [-0.4, -0.2) is 42.3 Å². The van der Waals surface area contributed by atoms with E-state index < -0.39 is 11.9 Å². The standard InChI is InChI=1S/C29H30F3N7O2/c1-16(2)37-14-22(29(30,31)32)35-27(37)20-9-5-18(6-10-20)17(3)39-23-13-21(36-38(23)12-11-24(39)40)25-26(19-7-8-19)33-15-34-28(25)41-4/h5-6,9-10,13-17,19H,7-8,11-12H2,1-4H3/t17-/m0/s1. The third kappa shape index (κ3) is 4.85. The molecule has 1 aromatic carbocycles. The van der Waals surface area contributed by atoms with Gasteiger partial charge in [0.15, 0.2) is 5.69 Å². The Hall–Kier alpha value is -4.22. The average Bonchev–Trinajstić information content (AvgIpc) is 3.53. The predicted molar refractivity (Wildman–Crippen MR) is 145 cm³/mol. The van der Waals surface area contributed by atoms with E-state index in [9.17, 15) is 18.0 Å². The van der Waals surface area contributed by atoms with Gasteiger partial charge in [-0.1, -0.05) is 24.3 Å². The van der Waals surface area contributed by atoms with Crippen LogP contribution in [0.15, 0.2) is 42.9 Å². The summed E-state index contributed by atoms with van der Waals surface area (Å²) in [5.41, 5.74) is 2.78. The molecule has 41 heavy (non-hydrogen) atoms. The Morgan fingerprint density at radius 1 is 1.07 bits per heavy atom. The quantitative estimate of drug-likeness (QED) is 0.266. The van der Waals surface area contributed by atoms with E-state index in [2.05, 4.69) is 15.0 Å². The van der Waals surface area contributed by atoms with Gasteiger partial charge in [0, 0.05) is 36.2 Å². The van der Waals surface area contributed by atoms with Gasteiger partial charge in [0.1, 0.15) is 23.7 Å². The van der Waals surface area contributed by atoms with Crippen molar-refractivity contribution in [3.05, 3.63) is 59.8 Å². The second-order valence-electron chi connectivity index (χ2n) is 10.8. The zero-order valence-electron chi connectivity index (χ0n) is 23.2. The number of fused-ring (bicyclic) bond motifs is 1. The van der Waals surface area contributed by atoms with Crippen LogP contribution in [0.3, 0.4) is 0 Å². The van der Waals surface area contributed by atoms with Crippen molar-refractivity contribution >= 4 is 11.7 Å². The first-order chi connectivity index (χ1) is 19.6. The number of halogens is 3. The largest absolute Gasteiger partial charge is 0.480 e. The first-order valence-electron chi connectivity index (χ1n) is 13.6. The van der Waals surface area contributed by atoms with Gasteiger partial charge >= 0.3 is 6.18 Å². The fraction of sp³-hybridized carbons (Fsp3) is 0.414. The summed E-state index contributed by atoms with van der Waals surface area (Å²) in [5.74, 6) is 1.66. The summed E-state index contributed by atoms with van der Waals surface area (Å²) in [4.78, 5) is 27.7. The number of imidazole rings is 1. The first kappa shape index (κ1) is 27.0. The summed E-state index contributed by atoms with van der Waals surface area (Å²) in [7, 11) is 1.57. The minimum Gasteiger partial charge on any atom is -0.480 e. The van der Waals surface area contributed by atoms with Crippen molar-refractivity contribution in [2.45, 2.75) is 70.8 Å². The number of methoxy groups -OCH3 is 1. The molecule has 6 rings (SSSR count). The van der Waals surface area contributed by atoms with Gasteiger partial charge in [-0.25, -0.2) is 19.6 Å². The lowest BCUT2D eigenvalue weighted by molar-refractivity contribution is -0.141. The Morgan fingerprint density at radius 3 is 2.44 bits per heavy atom. The SMILES string of the molecule is COc1ncnc(C2CC2)c1-c1cc2n(n1)CCC(=O)N2[C@@H](C)c1ccc(-c2nc(C(F)(F)F)cn2C(C)C)cc1. The molecule has 0 unspecified atom stereocenters. The molecule has 1 amide bonds. The Labute approximate surface area is 235 Å². The van der Waals surface area contributed by atoms with E-state index in [1.54, 1.807) is 24.1 Å². The summed E-state index contributed by atoms with van der Waals surface area (Å²) in [5, 5.41) is 4.82. The molecule has 9 nitrogen and oxygen atoms in total. The zero-order valence-corrected chi connectivity index (χ0v) is 23.2. The Kier molecular flexibility index (Phi) is 6.58. The van der Waals surface area contributed by atoms with Crippen molar-refractivity contribution < 1.29 is 22.7 Å². The number of carbonyl (C=O) groups is 1. The van der Waals surface area contributed by atoms with Gasteiger partial charge in [0.25, 0.3) is 0 Å². The number of rotatable bonds is 7. The highest BCUT2D eigenvalue weighted by molar-refractivity contribution is 5.95. The number of hydrogen-bond acceptors (Lipinski definition) is 6. The van der Waals surface area contributed by atoms with E-state index >= 15 is 0 Å². The van der Waals surface area contributed by atoms with Gasteiger partial charge in [0.2, 0.25) is 11.8 Å². The Morgan fingerprint density at radius 2 is 1.80 bits per heavy atom. The second-order valence-corrected chi connectivity index (χ2v) is 10.8. The maximum Gasteiger partial charge on any atom is 0.434 e. The molecule has 12 heteroatoms. The normalized spacial score (nSPS) is 16.3. The van der Waals surface area contributed by atoms with Crippen molar-refractivity contribution in [1.29, 1.82) is 0 Å². The van der Waals surface area contributed by atoms with Crippen LogP contribution in [0.5, 0.6) is 5.88 Å². The van der Waals surface area contributed by atoms with Crippen LogP contribution in [0.25, 0.3) is 22.6 Å². The van der Waals surface area contributed by atoms with Crippen LogP contribution in [-0.2, 0) is 17.5 Å². The van der Waals surface area contributed by atoms with Crippen LogP contribution in [0.2, 0.25) is 0 Å². The third-order valence-electron chi connectivity index (χ3n) is 7.68. The number of ether oxygens (including phenoxy) is 1. The average molecular weight is 566 g/mol. The molecule has 214 valence electrons. The van der Waals surface area contributed by atoms with Gasteiger partial charge in [0.05, 0.1) is 31.0 Å². The molecule has 1 aliphatic carbocycles. The fourth-order valence-corrected chi connectivity index (χ4v) is 5.39. The van der Waals surface area contributed by atoms with Gasteiger partial charge < -0.3 is 9.30 Å². The van der Waals surface area contributed by atoms with Gasteiger partial charge in [-0.05, 0) is 39.2 Å². The van der Waals surface area contributed by atoms with Crippen molar-refractivity contribution in [2.75, 3.05) is 12.0 Å². The topological polar surface area (TPSA) is 91.0 Å². The van der Waals surface area contributed by atoms with Gasteiger partial charge in [-0.3, -0.25) is 9.69 Å². The lowest BCUT2D eigenvalue weighted by Crippen LogP contribution is -2.39. The summed E-state index contributed by atoms with van der Waals surface area (Å²) >= 11 is 0. The third-order valence-corrected chi connectivity index (χ3v) is 7.68. The van der Waals surface area contributed by atoms with Gasteiger partial charge in [-0.15, -0.1) is 0 Å². The molecule has 0 spiro atoms. The van der Waals surface area contributed by atoms with E-state index in [1.165, 1.54) is 10.9 Å². The maximum atomic E-state index is 13.4. The highest BCUT2D eigenvalue weighted by Gasteiger charge is 2.36.